The summed E-state index contributed by atoms with van der Waals surface area (Å²) in [6.45, 7) is 2.26. The van der Waals surface area contributed by atoms with E-state index in [1.165, 1.54) is 17.6 Å². The lowest BCUT2D eigenvalue weighted by molar-refractivity contribution is -0.143. The van der Waals surface area contributed by atoms with Crippen molar-refractivity contribution in [2.24, 2.45) is 5.92 Å². The van der Waals surface area contributed by atoms with Crippen LogP contribution < -0.4 is 0 Å². The highest BCUT2D eigenvalue weighted by Crippen LogP contribution is 2.26. The van der Waals surface area contributed by atoms with E-state index in [1.54, 1.807) is 11.8 Å². The molecule has 1 amide bonds. The van der Waals surface area contributed by atoms with Gasteiger partial charge in [0.25, 0.3) is 0 Å². The van der Waals surface area contributed by atoms with Crippen molar-refractivity contribution >= 4 is 23.2 Å². The number of rotatable bonds is 4. The average Bonchev–Trinajstić information content (AvgIpc) is 3.16. The number of amides is 1. The highest BCUT2D eigenvalue weighted by Gasteiger charge is 2.38. The number of carboxylic acids is 1. The molecule has 2 aromatic rings. The zero-order valence-corrected chi connectivity index (χ0v) is 12.9. The maximum Gasteiger partial charge on any atom is 0.308 e. The molecule has 6 nitrogen and oxygen atoms in total. The Morgan fingerprint density at radius 1 is 1.55 bits per heavy atom. The van der Waals surface area contributed by atoms with Gasteiger partial charge in [-0.05, 0) is 24.8 Å². The largest absolute Gasteiger partial charge is 0.481 e. The molecule has 0 bridgehead atoms. The van der Waals surface area contributed by atoms with Gasteiger partial charge in [-0.15, -0.1) is 11.3 Å². The van der Waals surface area contributed by atoms with E-state index < -0.39 is 11.9 Å². The van der Waals surface area contributed by atoms with E-state index in [2.05, 4.69) is 4.98 Å². The predicted octanol–water partition coefficient (Wildman–Crippen LogP) is 2.27. The molecule has 116 valence electrons. The molecule has 22 heavy (non-hydrogen) atoms. The third-order valence-corrected chi connectivity index (χ3v) is 4.87. The second-order valence-electron chi connectivity index (χ2n) is 5.36. The summed E-state index contributed by atoms with van der Waals surface area (Å²) in [6.07, 6.45) is 2.12. The van der Waals surface area contributed by atoms with Crippen LogP contribution in [0.5, 0.6) is 0 Å². The standard InChI is InChI=1S/C15H16N2O4S/c1-9-11(15(19)20)4-5-17(9)13(18)7-10-8-21-14(16-10)12-3-2-6-22-12/h2-3,6,8-9,11H,4-5,7H2,1H3,(H,19,20). The lowest BCUT2D eigenvalue weighted by Gasteiger charge is -2.22. The molecular formula is C15H16N2O4S. The quantitative estimate of drug-likeness (QED) is 0.934. The number of aromatic nitrogens is 1. The fourth-order valence-electron chi connectivity index (χ4n) is 2.78. The molecule has 2 atom stereocenters. The van der Waals surface area contributed by atoms with Crippen LogP contribution in [0.2, 0.25) is 0 Å². The van der Waals surface area contributed by atoms with Gasteiger partial charge in [-0.3, -0.25) is 9.59 Å². The smallest absolute Gasteiger partial charge is 0.308 e. The van der Waals surface area contributed by atoms with Gasteiger partial charge in [0.15, 0.2) is 0 Å². The van der Waals surface area contributed by atoms with Crippen LogP contribution in [0.3, 0.4) is 0 Å². The first-order valence-corrected chi connectivity index (χ1v) is 7.95. The van der Waals surface area contributed by atoms with E-state index in [1.807, 2.05) is 17.5 Å². The van der Waals surface area contributed by atoms with Gasteiger partial charge in [-0.1, -0.05) is 6.07 Å². The number of carbonyl (C=O) groups is 2. The molecule has 1 N–H and O–H groups in total. The molecular weight excluding hydrogens is 304 g/mol. The highest BCUT2D eigenvalue weighted by atomic mass is 32.1. The number of carboxylic acid groups (broad SMARTS) is 1. The zero-order valence-electron chi connectivity index (χ0n) is 12.1. The van der Waals surface area contributed by atoms with Gasteiger partial charge in [0.2, 0.25) is 11.8 Å². The van der Waals surface area contributed by atoms with Crippen molar-refractivity contribution < 1.29 is 19.1 Å². The van der Waals surface area contributed by atoms with Crippen LogP contribution in [0.25, 0.3) is 10.8 Å². The maximum absolute atomic E-state index is 12.3. The minimum atomic E-state index is -0.843. The van der Waals surface area contributed by atoms with Gasteiger partial charge in [0, 0.05) is 12.6 Å². The third-order valence-electron chi connectivity index (χ3n) is 4.01. The highest BCUT2D eigenvalue weighted by molar-refractivity contribution is 7.13. The SMILES string of the molecule is CC1C(C(=O)O)CCN1C(=O)Cc1coc(-c2cccs2)n1. The number of thiophene rings is 1. The Kier molecular flexibility index (Phi) is 3.98. The van der Waals surface area contributed by atoms with Gasteiger partial charge in [0.1, 0.15) is 6.26 Å². The van der Waals surface area contributed by atoms with E-state index in [4.69, 9.17) is 9.52 Å². The molecule has 0 saturated carbocycles. The minimum Gasteiger partial charge on any atom is -0.481 e. The van der Waals surface area contributed by atoms with Crippen LogP contribution in [0.4, 0.5) is 0 Å². The summed E-state index contributed by atoms with van der Waals surface area (Å²) in [5, 5.41) is 11.1. The van der Waals surface area contributed by atoms with Gasteiger partial charge in [-0.25, -0.2) is 4.98 Å². The van der Waals surface area contributed by atoms with Crippen molar-refractivity contribution in [2.45, 2.75) is 25.8 Å². The lowest BCUT2D eigenvalue weighted by Crippen LogP contribution is -2.38. The van der Waals surface area contributed by atoms with Crippen LogP contribution in [-0.2, 0) is 16.0 Å². The van der Waals surface area contributed by atoms with E-state index in [0.29, 0.717) is 24.6 Å². The van der Waals surface area contributed by atoms with Gasteiger partial charge in [0.05, 0.1) is 22.9 Å². The van der Waals surface area contributed by atoms with Crippen molar-refractivity contribution in [3.05, 3.63) is 29.5 Å². The van der Waals surface area contributed by atoms with Crippen LogP contribution in [0.1, 0.15) is 19.0 Å². The molecule has 0 aromatic carbocycles. The average molecular weight is 320 g/mol. The summed E-state index contributed by atoms with van der Waals surface area (Å²) in [5.41, 5.74) is 0.569. The van der Waals surface area contributed by atoms with Crippen molar-refractivity contribution in [1.29, 1.82) is 0 Å². The van der Waals surface area contributed by atoms with Crippen molar-refractivity contribution in [1.82, 2.24) is 9.88 Å². The summed E-state index contributed by atoms with van der Waals surface area (Å²) in [7, 11) is 0. The van der Waals surface area contributed by atoms with E-state index in [-0.39, 0.29) is 18.4 Å². The second kappa shape index (κ2) is 5.92. The Hall–Kier alpha value is -2.15. The van der Waals surface area contributed by atoms with E-state index in [0.717, 1.165) is 4.88 Å². The normalized spacial score (nSPS) is 21.2. The van der Waals surface area contributed by atoms with E-state index >= 15 is 0 Å². The molecule has 7 heteroatoms. The molecule has 0 radical (unpaired) electrons. The Morgan fingerprint density at radius 2 is 2.36 bits per heavy atom. The zero-order chi connectivity index (χ0) is 15.7. The fraction of sp³-hybridized carbons (Fsp3) is 0.400. The van der Waals surface area contributed by atoms with Gasteiger partial charge >= 0.3 is 5.97 Å². The second-order valence-corrected chi connectivity index (χ2v) is 6.31. The monoisotopic (exact) mass is 320 g/mol. The number of hydrogen-bond donors (Lipinski definition) is 1. The van der Waals surface area contributed by atoms with E-state index in [9.17, 15) is 9.59 Å². The van der Waals surface area contributed by atoms with Gasteiger partial charge in [-0.2, -0.15) is 0 Å². The van der Waals surface area contributed by atoms with Gasteiger partial charge < -0.3 is 14.4 Å². The fourth-order valence-corrected chi connectivity index (χ4v) is 3.44. The number of carbonyl (C=O) groups excluding carboxylic acids is 1. The molecule has 3 heterocycles. The molecule has 0 spiro atoms. The number of aliphatic carboxylic acids is 1. The Morgan fingerprint density at radius 3 is 3.00 bits per heavy atom. The first-order chi connectivity index (χ1) is 10.6. The summed E-state index contributed by atoms with van der Waals surface area (Å²) in [6, 6.07) is 3.53. The molecule has 2 unspecified atom stereocenters. The minimum absolute atomic E-state index is 0.109. The number of hydrogen-bond acceptors (Lipinski definition) is 5. The summed E-state index contributed by atoms with van der Waals surface area (Å²) < 4.78 is 5.39. The van der Waals surface area contributed by atoms with Crippen LogP contribution >= 0.6 is 11.3 Å². The summed E-state index contributed by atoms with van der Waals surface area (Å²) >= 11 is 1.52. The maximum atomic E-state index is 12.3. The topological polar surface area (TPSA) is 83.6 Å². The number of nitrogens with zero attached hydrogens (tertiary/aromatic N) is 2. The molecule has 1 saturated heterocycles. The molecule has 1 aliphatic heterocycles. The van der Waals surface area contributed by atoms with Crippen LogP contribution in [-0.4, -0.2) is 39.5 Å². The molecule has 1 fully saturated rings. The van der Waals surface area contributed by atoms with Crippen molar-refractivity contribution in [2.75, 3.05) is 6.54 Å². The van der Waals surface area contributed by atoms with Crippen molar-refractivity contribution in [3.8, 4) is 10.8 Å². The number of oxazole rings is 1. The first kappa shape index (κ1) is 14.8. The van der Waals surface area contributed by atoms with Crippen molar-refractivity contribution in [3.63, 3.8) is 0 Å². The predicted molar refractivity (Wildman–Crippen MR) is 80.4 cm³/mol. The molecule has 3 rings (SSSR count). The van der Waals surface area contributed by atoms with Crippen LogP contribution in [0, 0.1) is 5.92 Å². The molecule has 2 aromatic heterocycles. The first-order valence-electron chi connectivity index (χ1n) is 7.07. The molecule has 1 aliphatic rings. The van der Waals surface area contributed by atoms with Crippen LogP contribution in [0.15, 0.2) is 28.2 Å². The summed E-state index contributed by atoms with van der Waals surface area (Å²) in [4.78, 5) is 30.3. The Bertz CT molecular complexity index is 680. The summed E-state index contributed by atoms with van der Waals surface area (Å²) in [5.74, 6) is -0.926. The Balaban J connectivity index is 1.66. The molecule has 0 aliphatic carbocycles. The third kappa shape index (κ3) is 2.76. The Labute approximate surface area is 131 Å². The lowest BCUT2D eigenvalue weighted by atomic mass is 10.0. The number of likely N-dealkylation sites (tertiary alicyclic amines) is 1.